The number of methoxy groups -OCH3 is 1. The molecule has 0 atom stereocenters. The molecular formula is C17H25N3O2. The van der Waals surface area contributed by atoms with Crippen LogP contribution in [0.1, 0.15) is 28.8 Å². The standard InChI is InChI=1S/C17H25N3O2/c1-22-12-17(5-8-18-9-6-17)11-20-16(21)14-2-3-15-13(10-14)4-7-19-15/h2-3,10,18-19H,4-9,11-12H2,1H3,(H,20,21). The zero-order valence-corrected chi connectivity index (χ0v) is 13.2. The van der Waals surface area contributed by atoms with Crippen molar-refractivity contribution in [3.63, 3.8) is 0 Å². The van der Waals surface area contributed by atoms with Crippen LogP contribution >= 0.6 is 0 Å². The fourth-order valence-corrected chi connectivity index (χ4v) is 3.45. The smallest absolute Gasteiger partial charge is 0.251 e. The number of carbonyl (C=O) groups excluding carboxylic acids is 1. The zero-order valence-electron chi connectivity index (χ0n) is 13.2. The van der Waals surface area contributed by atoms with Crippen molar-refractivity contribution in [2.24, 2.45) is 5.41 Å². The van der Waals surface area contributed by atoms with E-state index in [0.29, 0.717) is 13.2 Å². The molecule has 0 aliphatic carbocycles. The van der Waals surface area contributed by atoms with E-state index in [2.05, 4.69) is 16.0 Å². The lowest BCUT2D eigenvalue weighted by atomic mass is 9.79. The molecule has 0 spiro atoms. The quantitative estimate of drug-likeness (QED) is 0.769. The first-order valence-electron chi connectivity index (χ1n) is 8.07. The molecule has 0 radical (unpaired) electrons. The molecule has 22 heavy (non-hydrogen) atoms. The third-order valence-electron chi connectivity index (χ3n) is 4.82. The van der Waals surface area contributed by atoms with E-state index in [0.717, 1.165) is 50.1 Å². The molecule has 1 saturated heterocycles. The number of carbonyl (C=O) groups is 1. The highest BCUT2D eigenvalue weighted by Gasteiger charge is 2.32. The minimum atomic E-state index is 0.0173. The van der Waals surface area contributed by atoms with Gasteiger partial charge in [0.25, 0.3) is 5.91 Å². The van der Waals surface area contributed by atoms with E-state index in [1.807, 2.05) is 18.2 Å². The van der Waals surface area contributed by atoms with Crippen molar-refractivity contribution in [3.05, 3.63) is 29.3 Å². The van der Waals surface area contributed by atoms with Crippen LogP contribution in [0.25, 0.3) is 0 Å². The van der Waals surface area contributed by atoms with Gasteiger partial charge in [-0.1, -0.05) is 0 Å². The summed E-state index contributed by atoms with van der Waals surface area (Å²) < 4.78 is 5.40. The molecule has 1 aromatic carbocycles. The molecule has 120 valence electrons. The lowest BCUT2D eigenvalue weighted by molar-refractivity contribution is 0.0512. The highest BCUT2D eigenvalue weighted by atomic mass is 16.5. The van der Waals surface area contributed by atoms with E-state index in [1.165, 1.54) is 5.56 Å². The Morgan fingerprint density at radius 1 is 1.32 bits per heavy atom. The topological polar surface area (TPSA) is 62.4 Å². The molecule has 1 amide bonds. The lowest BCUT2D eigenvalue weighted by Crippen LogP contribution is -2.47. The number of hydrogen-bond donors (Lipinski definition) is 3. The molecule has 3 N–H and O–H groups in total. The lowest BCUT2D eigenvalue weighted by Gasteiger charge is -2.37. The van der Waals surface area contributed by atoms with Gasteiger partial charge < -0.3 is 20.7 Å². The average molecular weight is 303 g/mol. The minimum Gasteiger partial charge on any atom is -0.384 e. The van der Waals surface area contributed by atoms with Crippen molar-refractivity contribution in [1.82, 2.24) is 10.6 Å². The molecule has 2 aliphatic heterocycles. The zero-order chi connectivity index (χ0) is 15.4. The third-order valence-corrected chi connectivity index (χ3v) is 4.82. The van der Waals surface area contributed by atoms with Crippen molar-refractivity contribution in [1.29, 1.82) is 0 Å². The molecule has 0 saturated carbocycles. The summed E-state index contributed by atoms with van der Waals surface area (Å²) in [7, 11) is 1.74. The molecule has 5 heteroatoms. The predicted octanol–water partition coefficient (Wildman–Crippen LogP) is 1.40. The Morgan fingerprint density at radius 2 is 2.14 bits per heavy atom. The van der Waals surface area contributed by atoms with Crippen LogP contribution in [0.3, 0.4) is 0 Å². The summed E-state index contributed by atoms with van der Waals surface area (Å²) in [6.07, 6.45) is 3.07. The first-order chi connectivity index (χ1) is 10.7. The highest BCUT2D eigenvalue weighted by Crippen LogP contribution is 2.28. The minimum absolute atomic E-state index is 0.0173. The molecule has 1 fully saturated rings. The van der Waals surface area contributed by atoms with Gasteiger partial charge in [-0.2, -0.15) is 0 Å². The van der Waals surface area contributed by atoms with Crippen LogP contribution in [0.5, 0.6) is 0 Å². The maximum Gasteiger partial charge on any atom is 0.251 e. The molecule has 0 bridgehead atoms. The number of rotatable bonds is 5. The Hall–Kier alpha value is -1.59. The summed E-state index contributed by atoms with van der Waals surface area (Å²) in [5.74, 6) is 0.0173. The second kappa shape index (κ2) is 6.67. The van der Waals surface area contributed by atoms with Crippen molar-refractivity contribution in [3.8, 4) is 0 Å². The van der Waals surface area contributed by atoms with E-state index in [-0.39, 0.29) is 11.3 Å². The van der Waals surface area contributed by atoms with E-state index in [9.17, 15) is 4.79 Å². The van der Waals surface area contributed by atoms with Crippen molar-refractivity contribution < 1.29 is 9.53 Å². The Bertz CT molecular complexity index is 533. The van der Waals surface area contributed by atoms with Crippen LogP contribution in [0, 0.1) is 5.41 Å². The Balaban J connectivity index is 1.63. The number of ether oxygens (including phenoxy) is 1. The molecule has 5 nitrogen and oxygen atoms in total. The van der Waals surface area contributed by atoms with Gasteiger partial charge >= 0.3 is 0 Å². The van der Waals surface area contributed by atoms with Gasteiger partial charge in [0.05, 0.1) is 6.61 Å². The SMILES string of the molecule is COCC1(CNC(=O)c2ccc3c(c2)CCN3)CCNCC1. The summed E-state index contributed by atoms with van der Waals surface area (Å²) in [6, 6.07) is 5.92. The molecule has 2 heterocycles. The van der Waals surface area contributed by atoms with Crippen LogP contribution in [0.15, 0.2) is 18.2 Å². The molecule has 0 aromatic heterocycles. The summed E-state index contributed by atoms with van der Waals surface area (Å²) in [4.78, 5) is 12.4. The monoisotopic (exact) mass is 303 g/mol. The Morgan fingerprint density at radius 3 is 2.91 bits per heavy atom. The maximum atomic E-state index is 12.4. The first-order valence-corrected chi connectivity index (χ1v) is 8.07. The molecule has 0 unspecified atom stereocenters. The van der Waals surface area contributed by atoms with Gasteiger partial charge in [-0.05, 0) is 56.1 Å². The van der Waals surface area contributed by atoms with Crippen LogP contribution in [0.4, 0.5) is 5.69 Å². The number of nitrogens with one attached hydrogen (secondary N) is 3. The maximum absolute atomic E-state index is 12.4. The second-order valence-electron chi connectivity index (χ2n) is 6.41. The predicted molar refractivity (Wildman–Crippen MR) is 87.4 cm³/mol. The third kappa shape index (κ3) is 3.25. The molecule has 2 aliphatic rings. The number of anilines is 1. The van der Waals surface area contributed by atoms with Gasteiger partial charge in [0.2, 0.25) is 0 Å². The van der Waals surface area contributed by atoms with Crippen LogP contribution in [-0.2, 0) is 11.2 Å². The van der Waals surface area contributed by atoms with Crippen molar-refractivity contribution in [2.45, 2.75) is 19.3 Å². The highest BCUT2D eigenvalue weighted by molar-refractivity contribution is 5.95. The number of fused-ring (bicyclic) bond motifs is 1. The summed E-state index contributed by atoms with van der Waals surface area (Å²) in [5.41, 5.74) is 3.21. The van der Waals surface area contributed by atoms with Gasteiger partial charge in [-0.25, -0.2) is 0 Å². The van der Waals surface area contributed by atoms with Gasteiger partial charge in [-0.3, -0.25) is 4.79 Å². The van der Waals surface area contributed by atoms with Crippen LogP contribution < -0.4 is 16.0 Å². The van der Waals surface area contributed by atoms with Gasteiger partial charge in [0, 0.05) is 36.9 Å². The number of piperidine rings is 1. The van der Waals surface area contributed by atoms with Crippen LogP contribution in [-0.4, -0.2) is 45.8 Å². The summed E-state index contributed by atoms with van der Waals surface area (Å²) >= 11 is 0. The molecular weight excluding hydrogens is 278 g/mol. The average Bonchev–Trinajstić information content (AvgIpc) is 3.01. The van der Waals surface area contributed by atoms with E-state index in [4.69, 9.17) is 4.74 Å². The molecule has 1 aromatic rings. The van der Waals surface area contributed by atoms with E-state index in [1.54, 1.807) is 7.11 Å². The fraction of sp³-hybridized carbons (Fsp3) is 0.588. The van der Waals surface area contributed by atoms with E-state index >= 15 is 0 Å². The van der Waals surface area contributed by atoms with Crippen molar-refractivity contribution in [2.75, 3.05) is 45.2 Å². The fourth-order valence-electron chi connectivity index (χ4n) is 3.45. The van der Waals surface area contributed by atoms with Gasteiger partial charge in [0.1, 0.15) is 0 Å². The summed E-state index contributed by atoms with van der Waals surface area (Å²) in [5, 5.41) is 9.81. The number of hydrogen-bond acceptors (Lipinski definition) is 4. The van der Waals surface area contributed by atoms with Gasteiger partial charge in [-0.15, -0.1) is 0 Å². The Labute approximate surface area is 131 Å². The van der Waals surface area contributed by atoms with Gasteiger partial charge in [0.15, 0.2) is 0 Å². The number of benzene rings is 1. The summed E-state index contributed by atoms with van der Waals surface area (Å²) in [6.45, 7) is 4.32. The second-order valence-corrected chi connectivity index (χ2v) is 6.41. The first kappa shape index (κ1) is 15.3. The van der Waals surface area contributed by atoms with Crippen LogP contribution in [0.2, 0.25) is 0 Å². The normalized spacial score (nSPS) is 19.3. The van der Waals surface area contributed by atoms with Crippen molar-refractivity contribution >= 4 is 11.6 Å². The largest absolute Gasteiger partial charge is 0.384 e. The van der Waals surface area contributed by atoms with E-state index < -0.39 is 0 Å². The molecule has 3 rings (SSSR count). The Kier molecular flexibility index (Phi) is 4.64. The number of amides is 1.